The van der Waals surface area contributed by atoms with E-state index >= 15 is 0 Å². The first-order valence-electron chi connectivity index (χ1n) is 9.29. The summed E-state index contributed by atoms with van der Waals surface area (Å²) in [6, 6.07) is 5.97. The van der Waals surface area contributed by atoms with Crippen LogP contribution in [0.1, 0.15) is 41.1 Å². The number of hydrogen-bond acceptors (Lipinski definition) is 6. The van der Waals surface area contributed by atoms with Crippen molar-refractivity contribution in [3.05, 3.63) is 44.3 Å². The van der Waals surface area contributed by atoms with Crippen molar-refractivity contribution in [3.63, 3.8) is 0 Å². The van der Waals surface area contributed by atoms with Crippen LogP contribution in [-0.2, 0) is 14.3 Å². The average Bonchev–Trinajstić information content (AvgIpc) is 3.43. The minimum Gasteiger partial charge on any atom is -0.383 e. The van der Waals surface area contributed by atoms with Gasteiger partial charge in [0, 0.05) is 31.4 Å². The Morgan fingerprint density at radius 3 is 2.75 bits per heavy atom. The van der Waals surface area contributed by atoms with Crippen LogP contribution in [0.5, 0.6) is 0 Å². The first kappa shape index (κ1) is 20.7. The fraction of sp³-hybridized carbons (Fsp3) is 0.450. The quantitative estimate of drug-likeness (QED) is 0.656. The average molecular weight is 420 g/mol. The van der Waals surface area contributed by atoms with E-state index in [0.29, 0.717) is 26.0 Å². The number of methoxy groups -OCH3 is 1. The zero-order chi connectivity index (χ0) is 20.1. The normalized spacial score (nSPS) is 16.3. The van der Waals surface area contributed by atoms with Gasteiger partial charge in [0.05, 0.1) is 23.2 Å². The van der Waals surface area contributed by atoms with E-state index < -0.39 is 0 Å². The van der Waals surface area contributed by atoms with Crippen molar-refractivity contribution in [1.29, 1.82) is 0 Å². The van der Waals surface area contributed by atoms with Crippen LogP contribution in [0.15, 0.2) is 34.1 Å². The highest BCUT2D eigenvalue weighted by Gasteiger charge is 2.35. The molecule has 0 aliphatic carbocycles. The standard InChI is InChI=1S/C20H25N3O3S2/c1-4-18(24)22(8-9-26-3)13-19(25)23-16(20-14(2)7-11-28-20)12-15(21-23)17-6-5-10-27-17/h5-7,10-11,16H,4,8-9,12-13H2,1-3H3. The predicted octanol–water partition coefficient (Wildman–Crippen LogP) is 3.68. The summed E-state index contributed by atoms with van der Waals surface area (Å²) in [5.41, 5.74) is 2.09. The Bertz CT molecular complexity index is 845. The van der Waals surface area contributed by atoms with Crippen molar-refractivity contribution in [2.24, 2.45) is 5.10 Å². The van der Waals surface area contributed by atoms with Gasteiger partial charge in [0.25, 0.3) is 5.91 Å². The molecule has 2 aromatic rings. The van der Waals surface area contributed by atoms with Gasteiger partial charge >= 0.3 is 0 Å². The van der Waals surface area contributed by atoms with E-state index in [1.165, 1.54) is 0 Å². The Morgan fingerprint density at radius 2 is 2.14 bits per heavy atom. The zero-order valence-corrected chi connectivity index (χ0v) is 18.0. The third-order valence-electron chi connectivity index (χ3n) is 4.72. The molecular weight excluding hydrogens is 394 g/mol. The molecule has 8 heteroatoms. The summed E-state index contributed by atoms with van der Waals surface area (Å²) >= 11 is 3.27. The smallest absolute Gasteiger partial charge is 0.262 e. The van der Waals surface area contributed by atoms with E-state index in [1.807, 2.05) is 22.9 Å². The van der Waals surface area contributed by atoms with Crippen LogP contribution in [-0.4, -0.2) is 54.2 Å². The Labute approximate surface area is 173 Å². The van der Waals surface area contributed by atoms with Crippen LogP contribution in [0.4, 0.5) is 0 Å². The van der Waals surface area contributed by atoms with Gasteiger partial charge in [-0.15, -0.1) is 22.7 Å². The van der Waals surface area contributed by atoms with Crippen molar-refractivity contribution < 1.29 is 14.3 Å². The Hall–Kier alpha value is -2.03. The summed E-state index contributed by atoms with van der Waals surface area (Å²) in [6.45, 7) is 4.66. The second-order valence-electron chi connectivity index (χ2n) is 6.61. The summed E-state index contributed by atoms with van der Waals surface area (Å²) in [6.07, 6.45) is 1.04. The number of nitrogens with zero attached hydrogens (tertiary/aromatic N) is 3. The van der Waals surface area contributed by atoms with Gasteiger partial charge in [-0.3, -0.25) is 9.59 Å². The maximum atomic E-state index is 13.2. The summed E-state index contributed by atoms with van der Waals surface area (Å²) in [4.78, 5) is 29.2. The lowest BCUT2D eigenvalue weighted by atomic mass is 10.1. The van der Waals surface area contributed by atoms with Gasteiger partial charge in [0.2, 0.25) is 5.91 Å². The van der Waals surface area contributed by atoms with Gasteiger partial charge in [-0.1, -0.05) is 13.0 Å². The van der Waals surface area contributed by atoms with Crippen molar-refractivity contribution in [2.45, 2.75) is 32.7 Å². The van der Waals surface area contributed by atoms with Crippen LogP contribution in [0, 0.1) is 6.92 Å². The van der Waals surface area contributed by atoms with Crippen molar-refractivity contribution >= 4 is 40.2 Å². The molecule has 0 N–H and O–H groups in total. The second-order valence-corrected chi connectivity index (χ2v) is 8.51. The fourth-order valence-electron chi connectivity index (χ4n) is 3.21. The molecule has 0 saturated heterocycles. The lowest BCUT2D eigenvalue weighted by Crippen LogP contribution is -2.42. The number of rotatable bonds is 8. The third kappa shape index (κ3) is 4.51. The fourth-order valence-corrected chi connectivity index (χ4v) is 4.95. The third-order valence-corrected chi connectivity index (χ3v) is 6.76. The lowest BCUT2D eigenvalue weighted by Gasteiger charge is -2.26. The first-order chi connectivity index (χ1) is 13.5. The van der Waals surface area contributed by atoms with E-state index in [1.54, 1.807) is 46.6 Å². The molecule has 1 aliphatic rings. The highest BCUT2D eigenvalue weighted by molar-refractivity contribution is 7.12. The molecule has 1 atom stereocenters. The SMILES string of the molecule is CCC(=O)N(CCOC)CC(=O)N1N=C(c2cccs2)CC1c1sccc1C. The summed E-state index contributed by atoms with van der Waals surface area (Å²) in [7, 11) is 1.59. The molecule has 3 rings (SSSR count). The number of ether oxygens (including phenoxy) is 1. The molecule has 150 valence electrons. The molecular formula is C20H25N3O3S2. The number of carbonyl (C=O) groups excluding carboxylic acids is 2. The van der Waals surface area contributed by atoms with E-state index in [-0.39, 0.29) is 24.4 Å². The topological polar surface area (TPSA) is 62.2 Å². The molecule has 3 heterocycles. The number of carbonyl (C=O) groups is 2. The van der Waals surface area contributed by atoms with Gasteiger partial charge in [0.15, 0.2) is 0 Å². The molecule has 6 nitrogen and oxygen atoms in total. The van der Waals surface area contributed by atoms with Gasteiger partial charge in [0.1, 0.15) is 6.54 Å². The van der Waals surface area contributed by atoms with E-state index in [0.717, 1.165) is 21.0 Å². The van der Waals surface area contributed by atoms with Crippen LogP contribution >= 0.6 is 22.7 Å². The summed E-state index contributed by atoms with van der Waals surface area (Å²) in [5, 5.41) is 10.3. The second kappa shape index (κ2) is 9.45. The largest absolute Gasteiger partial charge is 0.383 e. The molecule has 1 unspecified atom stereocenters. The number of amides is 2. The molecule has 0 radical (unpaired) electrons. The number of aryl methyl sites for hydroxylation is 1. The van der Waals surface area contributed by atoms with Crippen molar-refractivity contribution in [2.75, 3.05) is 26.8 Å². The molecule has 0 aromatic carbocycles. The summed E-state index contributed by atoms with van der Waals surface area (Å²) < 4.78 is 5.09. The number of thiophene rings is 2. The van der Waals surface area contributed by atoms with Gasteiger partial charge in [-0.25, -0.2) is 5.01 Å². The molecule has 2 aromatic heterocycles. The maximum absolute atomic E-state index is 13.2. The molecule has 0 spiro atoms. The minimum absolute atomic E-state index is 0.0121. The zero-order valence-electron chi connectivity index (χ0n) is 16.4. The van der Waals surface area contributed by atoms with Gasteiger partial charge in [-0.2, -0.15) is 5.10 Å². The Morgan fingerprint density at radius 1 is 1.32 bits per heavy atom. The van der Waals surface area contributed by atoms with E-state index in [4.69, 9.17) is 4.74 Å². The highest BCUT2D eigenvalue weighted by Crippen LogP contribution is 2.37. The van der Waals surface area contributed by atoms with Gasteiger partial charge in [-0.05, 0) is 35.4 Å². The van der Waals surface area contributed by atoms with Crippen molar-refractivity contribution in [1.82, 2.24) is 9.91 Å². The highest BCUT2D eigenvalue weighted by atomic mass is 32.1. The number of hydrogen-bond donors (Lipinski definition) is 0. The minimum atomic E-state index is -0.165. The molecule has 0 saturated carbocycles. The Kier molecular flexibility index (Phi) is 6.98. The van der Waals surface area contributed by atoms with Crippen LogP contribution in [0.3, 0.4) is 0 Å². The molecule has 2 amide bonds. The monoisotopic (exact) mass is 419 g/mol. The molecule has 1 aliphatic heterocycles. The van der Waals surface area contributed by atoms with Crippen LogP contribution in [0.25, 0.3) is 0 Å². The lowest BCUT2D eigenvalue weighted by molar-refractivity contribution is -0.141. The predicted molar refractivity (Wildman–Crippen MR) is 113 cm³/mol. The first-order valence-corrected chi connectivity index (χ1v) is 11.0. The maximum Gasteiger partial charge on any atom is 0.262 e. The van der Waals surface area contributed by atoms with Crippen molar-refractivity contribution in [3.8, 4) is 0 Å². The van der Waals surface area contributed by atoms with Crippen LogP contribution in [0.2, 0.25) is 0 Å². The number of hydrazone groups is 1. The Balaban J connectivity index is 1.84. The van der Waals surface area contributed by atoms with E-state index in [9.17, 15) is 9.59 Å². The van der Waals surface area contributed by atoms with Crippen LogP contribution < -0.4 is 0 Å². The van der Waals surface area contributed by atoms with E-state index in [2.05, 4.69) is 18.1 Å². The van der Waals surface area contributed by atoms with Gasteiger partial charge < -0.3 is 9.64 Å². The molecule has 0 bridgehead atoms. The summed E-state index contributed by atoms with van der Waals surface area (Å²) in [5.74, 6) is -0.224. The molecule has 0 fully saturated rings. The molecule has 28 heavy (non-hydrogen) atoms.